The molecule has 16 heavy (non-hydrogen) atoms. The van der Waals surface area contributed by atoms with Crippen LogP contribution in [0.25, 0.3) is 0 Å². The molecule has 1 heterocycles. The quantitative estimate of drug-likeness (QED) is 0.548. The van der Waals surface area contributed by atoms with Gasteiger partial charge >= 0.3 is 0 Å². The van der Waals surface area contributed by atoms with E-state index in [0.29, 0.717) is 11.3 Å². The highest BCUT2D eigenvalue weighted by Gasteiger charge is 2.73. The standard InChI is InChI=1S/C14H29OP/c1-12(2,3)10-11(13(4,5)6)16(10,15)14(7,8)9/h10-11H,1-9H3. The van der Waals surface area contributed by atoms with Gasteiger partial charge in [-0.2, -0.15) is 0 Å². The summed E-state index contributed by atoms with van der Waals surface area (Å²) in [5.41, 5.74) is 1.14. The second kappa shape index (κ2) is 3.37. The van der Waals surface area contributed by atoms with Crippen LogP contribution >= 0.6 is 7.14 Å². The summed E-state index contributed by atoms with van der Waals surface area (Å²) in [6.45, 7) is 19.9. The van der Waals surface area contributed by atoms with Gasteiger partial charge in [-0.05, 0) is 10.8 Å². The van der Waals surface area contributed by atoms with Gasteiger partial charge in [-0.1, -0.05) is 62.3 Å². The Bertz CT molecular complexity index is 298. The van der Waals surface area contributed by atoms with Crippen molar-refractivity contribution in [3.05, 3.63) is 0 Å². The Kier molecular flexibility index (Phi) is 3.01. The van der Waals surface area contributed by atoms with Gasteiger partial charge < -0.3 is 4.57 Å². The molecule has 1 aliphatic heterocycles. The van der Waals surface area contributed by atoms with Crippen LogP contribution in [0.2, 0.25) is 0 Å². The molecule has 1 fully saturated rings. The Morgan fingerprint density at radius 2 is 0.938 bits per heavy atom. The van der Waals surface area contributed by atoms with Crippen molar-refractivity contribution in [1.82, 2.24) is 0 Å². The zero-order chi connectivity index (χ0) is 13.2. The van der Waals surface area contributed by atoms with Crippen LogP contribution in [-0.2, 0) is 4.57 Å². The van der Waals surface area contributed by atoms with Gasteiger partial charge in [0.25, 0.3) is 0 Å². The van der Waals surface area contributed by atoms with Crippen molar-refractivity contribution >= 4 is 7.14 Å². The van der Waals surface area contributed by atoms with Crippen LogP contribution in [0.1, 0.15) is 62.3 Å². The molecule has 2 heteroatoms. The number of hydrogen-bond acceptors (Lipinski definition) is 1. The second-order valence-electron chi connectivity index (χ2n) is 8.50. The summed E-state index contributed by atoms with van der Waals surface area (Å²) < 4.78 is 13.3. The third-order valence-corrected chi connectivity index (χ3v) is 9.41. The van der Waals surface area contributed by atoms with Gasteiger partial charge in [-0.25, -0.2) is 0 Å². The van der Waals surface area contributed by atoms with E-state index in [2.05, 4.69) is 62.3 Å². The SMILES string of the molecule is CC(C)(C)C1C(C(C)(C)C)P1(=O)C(C)(C)C. The molecule has 0 saturated carbocycles. The number of hydrogen-bond donors (Lipinski definition) is 0. The first-order valence-electron chi connectivity index (χ1n) is 6.33. The summed E-state index contributed by atoms with van der Waals surface area (Å²) >= 11 is 0. The maximum atomic E-state index is 13.3. The predicted molar refractivity (Wildman–Crippen MR) is 73.8 cm³/mol. The van der Waals surface area contributed by atoms with Crippen molar-refractivity contribution in [3.63, 3.8) is 0 Å². The third-order valence-electron chi connectivity index (χ3n) is 3.86. The summed E-state index contributed by atoms with van der Waals surface area (Å²) in [5.74, 6) is 0. The highest BCUT2D eigenvalue weighted by atomic mass is 31.2. The predicted octanol–water partition coefficient (Wildman–Crippen LogP) is 4.99. The van der Waals surface area contributed by atoms with Crippen LogP contribution in [0.5, 0.6) is 0 Å². The van der Waals surface area contributed by atoms with Gasteiger partial charge in [0.1, 0.15) is 7.14 Å². The molecule has 0 amide bonds. The molecule has 0 aromatic heterocycles. The van der Waals surface area contributed by atoms with E-state index >= 15 is 0 Å². The van der Waals surface area contributed by atoms with E-state index in [1.165, 1.54) is 0 Å². The Hall–Kier alpha value is 0.230. The van der Waals surface area contributed by atoms with E-state index in [1.54, 1.807) is 0 Å². The zero-order valence-electron chi connectivity index (χ0n) is 12.5. The second-order valence-corrected chi connectivity index (χ2v) is 12.4. The van der Waals surface area contributed by atoms with Gasteiger partial charge in [0.05, 0.1) is 0 Å². The van der Waals surface area contributed by atoms with E-state index in [4.69, 9.17) is 0 Å². The molecule has 0 bridgehead atoms. The zero-order valence-corrected chi connectivity index (χ0v) is 13.4. The molecule has 1 rings (SSSR count). The molecule has 2 unspecified atom stereocenters. The summed E-state index contributed by atoms with van der Waals surface area (Å²) in [6, 6.07) is 0. The third kappa shape index (κ3) is 2.01. The van der Waals surface area contributed by atoms with E-state index < -0.39 is 7.14 Å². The highest BCUT2D eigenvalue weighted by molar-refractivity contribution is 7.74. The van der Waals surface area contributed by atoms with Crippen LogP contribution in [0.15, 0.2) is 0 Å². The molecular formula is C14H29OP. The molecule has 1 saturated heterocycles. The maximum absolute atomic E-state index is 13.3. The van der Waals surface area contributed by atoms with E-state index in [9.17, 15) is 4.57 Å². The monoisotopic (exact) mass is 244 g/mol. The first kappa shape index (κ1) is 14.3. The fourth-order valence-corrected chi connectivity index (χ4v) is 9.12. The molecule has 0 spiro atoms. The number of rotatable bonds is 0. The molecule has 0 N–H and O–H groups in total. The van der Waals surface area contributed by atoms with Crippen molar-refractivity contribution in [1.29, 1.82) is 0 Å². The minimum atomic E-state index is -2.06. The lowest BCUT2D eigenvalue weighted by molar-refractivity contribution is 0.335. The largest absolute Gasteiger partial charge is 0.322 e. The van der Waals surface area contributed by atoms with Crippen molar-refractivity contribution in [2.75, 3.05) is 0 Å². The van der Waals surface area contributed by atoms with E-state index in [1.807, 2.05) is 0 Å². The lowest BCUT2D eigenvalue weighted by Gasteiger charge is -2.24. The van der Waals surface area contributed by atoms with Gasteiger partial charge in [0, 0.05) is 16.5 Å². The first-order valence-corrected chi connectivity index (χ1v) is 8.18. The van der Waals surface area contributed by atoms with Crippen LogP contribution in [-0.4, -0.2) is 16.5 Å². The Labute approximate surface area is 102 Å². The molecular weight excluding hydrogens is 215 g/mol. The molecule has 0 aliphatic carbocycles. The van der Waals surface area contributed by atoms with Gasteiger partial charge in [-0.15, -0.1) is 0 Å². The summed E-state index contributed by atoms with van der Waals surface area (Å²) in [6.07, 6.45) is 0. The fourth-order valence-electron chi connectivity index (χ4n) is 3.25. The molecule has 1 aliphatic rings. The van der Waals surface area contributed by atoms with Gasteiger partial charge in [0.15, 0.2) is 0 Å². The minimum Gasteiger partial charge on any atom is -0.322 e. The molecule has 0 aromatic rings. The molecule has 0 aromatic carbocycles. The van der Waals surface area contributed by atoms with Gasteiger partial charge in [-0.3, -0.25) is 0 Å². The van der Waals surface area contributed by atoms with Gasteiger partial charge in [0.2, 0.25) is 0 Å². The molecule has 2 atom stereocenters. The Morgan fingerprint density at radius 3 is 1.00 bits per heavy atom. The molecule has 1 nitrogen and oxygen atoms in total. The minimum absolute atomic E-state index is 0.0388. The molecule has 0 radical (unpaired) electrons. The van der Waals surface area contributed by atoms with Crippen LogP contribution in [0, 0.1) is 10.8 Å². The topological polar surface area (TPSA) is 17.1 Å². The highest BCUT2D eigenvalue weighted by Crippen LogP contribution is 2.87. The maximum Gasteiger partial charge on any atom is 0.101 e. The van der Waals surface area contributed by atoms with Crippen molar-refractivity contribution in [2.45, 2.75) is 78.8 Å². The summed E-state index contributed by atoms with van der Waals surface area (Å²) in [4.78, 5) is 0. The van der Waals surface area contributed by atoms with E-state index in [-0.39, 0.29) is 16.0 Å². The van der Waals surface area contributed by atoms with Crippen molar-refractivity contribution < 1.29 is 4.57 Å². The van der Waals surface area contributed by atoms with Crippen LogP contribution in [0.3, 0.4) is 0 Å². The Balaban J connectivity index is 3.19. The smallest absolute Gasteiger partial charge is 0.101 e. The molecule has 96 valence electrons. The van der Waals surface area contributed by atoms with E-state index in [0.717, 1.165) is 0 Å². The normalized spacial score (nSPS) is 36.3. The summed E-state index contributed by atoms with van der Waals surface area (Å²) in [7, 11) is -2.06. The van der Waals surface area contributed by atoms with Crippen molar-refractivity contribution in [2.24, 2.45) is 10.8 Å². The average Bonchev–Trinajstić information content (AvgIpc) is 2.53. The fraction of sp³-hybridized carbons (Fsp3) is 1.00. The van der Waals surface area contributed by atoms with Crippen LogP contribution in [0.4, 0.5) is 0 Å². The van der Waals surface area contributed by atoms with Crippen LogP contribution < -0.4 is 0 Å². The average molecular weight is 244 g/mol. The lowest BCUT2D eigenvalue weighted by atomic mass is 9.81. The lowest BCUT2D eigenvalue weighted by Crippen LogP contribution is -2.23. The Morgan fingerprint density at radius 1 is 0.688 bits per heavy atom. The first-order chi connectivity index (χ1) is 6.74. The van der Waals surface area contributed by atoms with Crippen molar-refractivity contribution in [3.8, 4) is 0 Å². The summed E-state index contributed by atoms with van der Waals surface area (Å²) in [5, 5.41) is -0.0388.